The molecule has 126 valence electrons. The number of rotatable bonds is 2. The number of nitrogens with zero attached hydrogens (tertiary/aromatic N) is 1. The number of halogens is 1. The maximum absolute atomic E-state index is 11.0. The maximum Gasteiger partial charge on any atom is 0.196 e. The van der Waals surface area contributed by atoms with Crippen molar-refractivity contribution in [2.75, 3.05) is 6.61 Å². The molecule has 2 aliphatic heterocycles. The molecule has 6 N–H and O–H groups in total. The van der Waals surface area contributed by atoms with Gasteiger partial charge in [-0.15, -0.1) is 0 Å². The Hall–Kier alpha value is -1.10. The van der Waals surface area contributed by atoms with Gasteiger partial charge in [-0.3, -0.25) is 4.99 Å². The number of hydrogen-bond donors (Lipinski definition) is 6. The summed E-state index contributed by atoms with van der Waals surface area (Å²) in [7, 11) is 0. The third-order valence-electron chi connectivity index (χ3n) is 4.39. The summed E-state index contributed by atoms with van der Waals surface area (Å²) in [4.78, 5) is 3.96. The fourth-order valence-electron chi connectivity index (χ4n) is 3.06. The topological polar surface area (TPSA) is 143 Å². The molecule has 9 heteroatoms. The van der Waals surface area contributed by atoms with Crippen LogP contribution in [0.1, 0.15) is 5.56 Å². The standard InChI is InChI=1S/C14H16ClNO7/c15-13(6-17)11(20)14(22,9(18)10(19)23-13)12(21)5-16-8-4-2-1-3-7(8)12/h1-5,9-11,17-22H,6H2/t9-,10?,11-,12?,13+,14+/m0/s1. The van der Waals surface area contributed by atoms with Crippen molar-refractivity contribution < 1.29 is 35.4 Å². The second-order valence-electron chi connectivity index (χ2n) is 5.67. The lowest BCUT2D eigenvalue weighted by Crippen LogP contribution is -2.77. The summed E-state index contributed by atoms with van der Waals surface area (Å²) in [6, 6.07) is 6.21. The van der Waals surface area contributed by atoms with Crippen LogP contribution < -0.4 is 0 Å². The molecule has 8 nitrogen and oxygen atoms in total. The van der Waals surface area contributed by atoms with E-state index in [1.165, 1.54) is 6.07 Å². The first-order valence-corrected chi connectivity index (χ1v) is 7.20. The largest absolute Gasteiger partial charge is 0.392 e. The molecule has 0 amide bonds. The number of hydrogen-bond acceptors (Lipinski definition) is 8. The molecule has 2 unspecified atom stereocenters. The van der Waals surface area contributed by atoms with Crippen LogP contribution in [0.25, 0.3) is 0 Å². The van der Waals surface area contributed by atoms with Crippen LogP contribution in [0.4, 0.5) is 5.69 Å². The predicted molar refractivity (Wildman–Crippen MR) is 78.2 cm³/mol. The molecule has 1 saturated heterocycles. The van der Waals surface area contributed by atoms with Crippen molar-refractivity contribution >= 4 is 23.5 Å². The summed E-state index contributed by atoms with van der Waals surface area (Å²) < 4.78 is 4.79. The van der Waals surface area contributed by atoms with Crippen LogP contribution in [0.15, 0.2) is 29.3 Å². The number of aliphatic hydroxyl groups excluding tert-OH is 4. The van der Waals surface area contributed by atoms with E-state index in [0.717, 1.165) is 6.21 Å². The lowest BCUT2D eigenvalue weighted by Gasteiger charge is -2.54. The van der Waals surface area contributed by atoms with Gasteiger partial charge in [-0.05, 0) is 6.07 Å². The Bertz CT molecular complexity index is 658. The number of aliphatic imine (C=N–C) groups is 1. The van der Waals surface area contributed by atoms with Gasteiger partial charge in [0.15, 0.2) is 22.6 Å². The molecule has 0 aromatic heterocycles. The average molecular weight is 346 g/mol. The van der Waals surface area contributed by atoms with Gasteiger partial charge in [-0.25, -0.2) is 0 Å². The highest BCUT2D eigenvalue weighted by Crippen LogP contribution is 2.50. The Morgan fingerprint density at radius 1 is 1.17 bits per heavy atom. The average Bonchev–Trinajstić information content (AvgIpc) is 2.90. The van der Waals surface area contributed by atoms with Crippen LogP contribution in [-0.2, 0) is 10.3 Å². The van der Waals surface area contributed by atoms with E-state index < -0.39 is 41.4 Å². The number of para-hydroxylation sites is 1. The van der Waals surface area contributed by atoms with Crippen LogP contribution in [-0.4, -0.2) is 72.6 Å². The van der Waals surface area contributed by atoms with Gasteiger partial charge in [-0.2, -0.15) is 0 Å². The Labute approximate surface area is 135 Å². The fraction of sp³-hybridized carbons (Fsp3) is 0.500. The molecule has 0 spiro atoms. The zero-order valence-electron chi connectivity index (χ0n) is 11.7. The van der Waals surface area contributed by atoms with E-state index in [0.29, 0.717) is 5.69 Å². The predicted octanol–water partition coefficient (Wildman–Crippen LogP) is -1.68. The van der Waals surface area contributed by atoms with Crippen LogP contribution >= 0.6 is 11.6 Å². The number of fused-ring (bicyclic) bond motifs is 1. The highest BCUT2D eigenvalue weighted by Gasteiger charge is 2.70. The van der Waals surface area contributed by atoms with Crippen molar-refractivity contribution in [1.29, 1.82) is 0 Å². The third kappa shape index (κ3) is 2.01. The molecule has 2 aliphatic rings. The molecule has 1 aromatic carbocycles. The molecule has 2 heterocycles. The number of alkyl halides is 1. The van der Waals surface area contributed by atoms with E-state index in [2.05, 4.69) is 4.99 Å². The SMILES string of the molecule is OC[C@@]1(Cl)OC(O)[C@H](O)[C@](O)(C2(O)C=Nc3ccccc32)[C@H]1O. The first kappa shape index (κ1) is 16.7. The Balaban J connectivity index is 2.18. The van der Waals surface area contributed by atoms with Crippen molar-refractivity contribution in [2.24, 2.45) is 4.99 Å². The Kier molecular flexibility index (Phi) is 3.79. The van der Waals surface area contributed by atoms with Gasteiger partial charge in [0.2, 0.25) is 0 Å². The van der Waals surface area contributed by atoms with E-state index >= 15 is 0 Å². The van der Waals surface area contributed by atoms with Gasteiger partial charge < -0.3 is 35.4 Å². The second kappa shape index (κ2) is 5.20. The van der Waals surface area contributed by atoms with Crippen molar-refractivity contribution in [1.82, 2.24) is 0 Å². The lowest BCUT2D eigenvalue weighted by molar-refractivity contribution is -0.360. The van der Waals surface area contributed by atoms with Crippen molar-refractivity contribution in [3.05, 3.63) is 29.8 Å². The quantitative estimate of drug-likeness (QED) is 0.351. The van der Waals surface area contributed by atoms with E-state index in [1.54, 1.807) is 18.2 Å². The molecule has 23 heavy (non-hydrogen) atoms. The molecular formula is C14H16ClNO7. The molecule has 6 atom stereocenters. The zero-order chi connectivity index (χ0) is 17.0. The smallest absolute Gasteiger partial charge is 0.196 e. The third-order valence-corrected chi connectivity index (χ3v) is 4.81. The summed E-state index contributed by atoms with van der Waals surface area (Å²) in [6.07, 6.45) is -5.39. The summed E-state index contributed by atoms with van der Waals surface area (Å²) in [5.41, 5.74) is -4.73. The van der Waals surface area contributed by atoms with Crippen LogP contribution in [0, 0.1) is 0 Å². The maximum atomic E-state index is 11.0. The van der Waals surface area contributed by atoms with Gasteiger partial charge in [-0.1, -0.05) is 29.8 Å². The summed E-state index contributed by atoms with van der Waals surface area (Å²) in [5.74, 6) is 0. The first-order valence-electron chi connectivity index (χ1n) is 6.82. The van der Waals surface area contributed by atoms with E-state index in [4.69, 9.17) is 16.3 Å². The lowest BCUT2D eigenvalue weighted by atomic mass is 9.69. The molecule has 0 aliphatic carbocycles. The van der Waals surface area contributed by atoms with Crippen molar-refractivity contribution in [3.63, 3.8) is 0 Å². The monoisotopic (exact) mass is 345 g/mol. The normalized spacial score (nSPS) is 46.0. The minimum atomic E-state index is -2.79. The molecule has 0 radical (unpaired) electrons. The molecule has 1 aromatic rings. The molecule has 0 bridgehead atoms. The minimum Gasteiger partial charge on any atom is -0.392 e. The van der Waals surface area contributed by atoms with Crippen LogP contribution in [0.5, 0.6) is 0 Å². The number of aliphatic hydroxyl groups is 6. The van der Waals surface area contributed by atoms with Gasteiger partial charge in [0.1, 0.15) is 12.2 Å². The zero-order valence-corrected chi connectivity index (χ0v) is 12.5. The van der Waals surface area contributed by atoms with Crippen molar-refractivity contribution in [2.45, 2.75) is 34.8 Å². The highest BCUT2D eigenvalue weighted by molar-refractivity contribution is 6.23. The van der Waals surface area contributed by atoms with Gasteiger partial charge in [0.25, 0.3) is 0 Å². The summed E-state index contributed by atoms with van der Waals surface area (Å²) >= 11 is 5.91. The fourth-order valence-corrected chi connectivity index (χ4v) is 3.31. The van der Waals surface area contributed by atoms with Crippen molar-refractivity contribution in [3.8, 4) is 0 Å². The number of ether oxygens (including phenoxy) is 1. The summed E-state index contributed by atoms with van der Waals surface area (Å²) in [5, 5.41) is 59.4. The molecule has 3 rings (SSSR count). The van der Waals surface area contributed by atoms with Crippen LogP contribution in [0.3, 0.4) is 0 Å². The molecular weight excluding hydrogens is 330 g/mol. The molecule has 0 saturated carbocycles. The van der Waals surface area contributed by atoms with E-state index in [-0.39, 0.29) is 5.56 Å². The second-order valence-corrected chi connectivity index (χ2v) is 6.31. The Morgan fingerprint density at radius 3 is 2.48 bits per heavy atom. The Morgan fingerprint density at radius 2 is 1.83 bits per heavy atom. The van der Waals surface area contributed by atoms with E-state index in [9.17, 15) is 30.6 Å². The number of benzene rings is 1. The van der Waals surface area contributed by atoms with Gasteiger partial charge in [0, 0.05) is 11.8 Å². The van der Waals surface area contributed by atoms with Gasteiger partial charge in [0.05, 0.1) is 12.3 Å². The first-order chi connectivity index (χ1) is 10.7. The van der Waals surface area contributed by atoms with Gasteiger partial charge >= 0.3 is 0 Å². The van der Waals surface area contributed by atoms with E-state index in [1.807, 2.05) is 0 Å². The summed E-state index contributed by atoms with van der Waals surface area (Å²) in [6.45, 7) is -0.989. The van der Waals surface area contributed by atoms with Crippen LogP contribution in [0.2, 0.25) is 0 Å². The minimum absolute atomic E-state index is 0.103. The highest BCUT2D eigenvalue weighted by atomic mass is 35.5. The molecule has 1 fully saturated rings.